The van der Waals surface area contributed by atoms with Crippen LogP contribution in [0.4, 0.5) is 0 Å². The van der Waals surface area contributed by atoms with Crippen LogP contribution in [0.2, 0.25) is 0 Å². The van der Waals surface area contributed by atoms with Gasteiger partial charge in [-0.2, -0.15) is 0 Å². The van der Waals surface area contributed by atoms with Crippen molar-refractivity contribution in [1.29, 1.82) is 0 Å². The molecule has 21 heavy (non-hydrogen) atoms. The molecule has 2 N–H and O–H groups in total. The molecule has 0 bridgehead atoms. The van der Waals surface area contributed by atoms with Crippen molar-refractivity contribution in [3.63, 3.8) is 0 Å². The third kappa shape index (κ3) is 5.30. The first-order valence-corrected chi connectivity index (χ1v) is 8.05. The molecule has 4 heteroatoms. The van der Waals surface area contributed by atoms with Gasteiger partial charge in [0.2, 0.25) is 0 Å². The van der Waals surface area contributed by atoms with E-state index in [2.05, 4.69) is 29.3 Å². The third-order valence-corrected chi connectivity index (χ3v) is 4.02. The van der Waals surface area contributed by atoms with E-state index in [0.717, 1.165) is 25.4 Å². The predicted molar refractivity (Wildman–Crippen MR) is 85.7 cm³/mol. The molecule has 1 saturated heterocycles. The Kier molecular flexibility index (Phi) is 6.49. The summed E-state index contributed by atoms with van der Waals surface area (Å²) in [6, 6.07) is 8.38. The molecule has 1 aromatic rings. The minimum absolute atomic E-state index is 0.230. The molecule has 0 saturated carbocycles. The van der Waals surface area contributed by atoms with Gasteiger partial charge in [0.05, 0.1) is 12.7 Å². The minimum atomic E-state index is -0.298. The standard InChI is InChI=1S/C17H28N2O2/c1-3-21-17-8-6-15(7-9-17)14(2)18-12-16(20)13-19-10-4-5-11-19/h6-9,14,16,18,20H,3-5,10-13H2,1-2H3. The third-order valence-electron chi connectivity index (χ3n) is 4.02. The molecule has 4 nitrogen and oxygen atoms in total. The SMILES string of the molecule is CCOc1ccc(C(C)NCC(O)CN2CCCC2)cc1. The van der Waals surface area contributed by atoms with Gasteiger partial charge in [-0.1, -0.05) is 12.1 Å². The maximum atomic E-state index is 10.1. The van der Waals surface area contributed by atoms with Crippen LogP contribution in [-0.2, 0) is 0 Å². The highest BCUT2D eigenvalue weighted by atomic mass is 16.5. The Morgan fingerprint density at radius 2 is 1.90 bits per heavy atom. The largest absolute Gasteiger partial charge is 0.494 e. The van der Waals surface area contributed by atoms with Crippen LogP contribution in [0.15, 0.2) is 24.3 Å². The first-order chi connectivity index (χ1) is 10.2. The van der Waals surface area contributed by atoms with E-state index in [1.807, 2.05) is 19.1 Å². The Morgan fingerprint density at radius 1 is 1.24 bits per heavy atom. The summed E-state index contributed by atoms with van der Waals surface area (Å²) in [5, 5.41) is 13.5. The van der Waals surface area contributed by atoms with E-state index in [9.17, 15) is 5.11 Å². The number of hydrogen-bond acceptors (Lipinski definition) is 4. The van der Waals surface area contributed by atoms with Crippen LogP contribution in [-0.4, -0.2) is 48.9 Å². The van der Waals surface area contributed by atoms with E-state index in [-0.39, 0.29) is 12.1 Å². The maximum Gasteiger partial charge on any atom is 0.119 e. The quantitative estimate of drug-likeness (QED) is 0.771. The molecule has 1 aliphatic rings. The van der Waals surface area contributed by atoms with Crippen molar-refractivity contribution in [3.05, 3.63) is 29.8 Å². The Hall–Kier alpha value is -1.10. The summed E-state index contributed by atoms with van der Waals surface area (Å²) >= 11 is 0. The first-order valence-electron chi connectivity index (χ1n) is 8.05. The molecule has 118 valence electrons. The Bertz CT molecular complexity index is 402. The maximum absolute atomic E-state index is 10.1. The summed E-state index contributed by atoms with van der Waals surface area (Å²) in [5.41, 5.74) is 1.21. The first kappa shape index (κ1) is 16.3. The van der Waals surface area contributed by atoms with Crippen molar-refractivity contribution >= 4 is 0 Å². The highest BCUT2D eigenvalue weighted by molar-refractivity contribution is 5.28. The molecule has 1 fully saturated rings. The van der Waals surface area contributed by atoms with Crippen LogP contribution < -0.4 is 10.1 Å². The van der Waals surface area contributed by atoms with E-state index in [4.69, 9.17) is 4.74 Å². The summed E-state index contributed by atoms with van der Waals surface area (Å²) in [5.74, 6) is 0.905. The van der Waals surface area contributed by atoms with Crippen LogP contribution >= 0.6 is 0 Å². The van der Waals surface area contributed by atoms with Crippen LogP contribution in [0.1, 0.15) is 38.3 Å². The normalized spacial score (nSPS) is 18.6. The number of benzene rings is 1. The van der Waals surface area contributed by atoms with Gasteiger partial charge in [-0.25, -0.2) is 0 Å². The van der Waals surface area contributed by atoms with E-state index in [0.29, 0.717) is 13.2 Å². The fourth-order valence-corrected chi connectivity index (χ4v) is 2.78. The lowest BCUT2D eigenvalue weighted by molar-refractivity contribution is 0.121. The Balaban J connectivity index is 1.73. The van der Waals surface area contributed by atoms with Crippen molar-refractivity contribution in [1.82, 2.24) is 10.2 Å². The lowest BCUT2D eigenvalue weighted by Crippen LogP contribution is -2.37. The molecule has 0 spiro atoms. The second-order valence-electron chi connectivity index (χ2n) is 5.79. The molecule has 1 aliphatic heterocycles. The van der Waals surface area contributed by atoms with Crippen LogP contribution in [0, 0.1) is 0 Å². The lowest BCUT2D eigenvalue weighted by Gasteiger charge is -2.22. The molecular formula is C17H28N2O2. The van der Waals surface area contributed by atoms with Gasteiger partial charge in [-0.3, -0.25) is 0 Å². The predicted octanol–water partition coefficient (Wildman–Crippen LogP) is 2.19. The van der Waals surface area contributed by atoms with Crippen LogP contribution in [0.5, 0.6) is 5.75 Å². The van der Waals surface area contributed by atoms with E-state index < -0.39 is 0 Å². The number of ether oxygens (including phenoxy) is 1. The number of nitrogens with zero attached hydrogens (tertiary/aromatic N) is 1. The second kappa shape index (κ2) is 8.37. The molecule has 1 aromatic carbocycles. The fourth-order valence-electron chi connectivity index (χ4n) is 2.78. The highest BCUT2D eigenvalue weighted by Crippen LogP contribution is 2.17. The van der Waals surface area contributed by atoms with Crippen molar-refractivity contribution in [2.75, 3.05) is 32.8 Å². The number of aliphatic hydroxyl groups excluding tert-OH is 1. The van der Waals surface area contributed by atoms with Crippen LogP contribution in [0.3, 0.4) is 0 Å². The highest BCUT2D eigenvalue weighted by Gasteiger charge is 2.16. The molecular weight excluding hydrogens is 264 g/mol. The van der Waals surface area contributed by atoms with E-state index >= 15 is 0 Å². The summed E-state index contributed by atoms with van der Waals surface area (Å²) in [4.78, 5) is 2.34. The lowest BCUT2D eigenvalue weighted by atomic mass is 10.1. The average Bonchev–Trinajstić information content (AvgIpc) is 2.99. The molecule has 2 unspecified atom stereocenters. The van der Waals surface area contributed by atoms with Gasteiger partial charge in [-0.05, 0) is 57.5 Å². The van der Waals surface area contributed by atoms with E-state index in [1.165, 1.54) is 18.4 Å². The van der Waals surface area contributed by atoms with Crippen molar-refractivity contribution in [2.24, 2.45) is 0 Å². The molecule has 0 aromatic heterocycles. The van der Waals surface area contributed by atoms with Gasteiger partial charge in [-0.15, -0.1) is 0 Å². The zero-order valence-electron chi connectivity index (χ0n) is 13.2. The van der Waals surface area contributed by atoms with E-state index in [1.54, 1.807) is 0 Å². The average molecular weight is 292 g/mol. The topological polar surface area (TPSA) is 44.7 Å². The molecule has 0 radical (unpaired) electrons. The number of β-amino-alcohol motifs (C(OH)–C–C–N with tert-alkyl or cyclic N) is 1. The number of rotatable bonds is 8. The van der Waals surface area contributed by atoms with Crippen molar-refractivity contribution in [2.45, 2.75) is 38.8 Å². The molecule has 1 heterocycles. The Morgan fingerprint density at radius 3 is 2.52 bits per heavy atom. The van der Waals surface area contributed by atoms with Crippen molar-refractivity contribution in [3.8, 4) is 5.75 Å². The molecule has 2 atom stereocenters. The number of hydrogen-bond donors (Lipinski definition) is 2. The zero-order chi connectivity index (χ0) is 15.1. The minimum Gasteiger partial charge on any atom is -0.494 e. The zero-order valence-corrected chi connectivity index (χ0v) is 13.2. The number of nitrogens with one attached hydrogen (secondary N) is 1. The van der Waals surface area contributed by atoms with Crippen molar-refractivity contribution < 1.29 is 9.84 Å². The molecule has 2 rings (SSSR count). The van der Waals surface area contributed by atoms with Gasteiger partial charge < -0.3 is 20.1 Å². The smallest absolute Gasteiger partial charge is 0.119 e. The summed E-state index contributed by atoms with van der Waals surface area (Å²) in [7, 11) is 0. The van der Waals surface area contributed by atoms with Gasteiger partial charge in [0.1, 0.15) is 5.75 Å². The van der Waals surface area contributed by atoms with Crippen LogP contribution in [0.25, 0.3) is 0 Å². The number of aliphatic hydroxyl groups is 1. The monoisotopic (exact) mass is 292 g/mol. The summed E-state index contributed by atoms with van der Waals surface area (Å²) < 4.78 is 5.45. The number of likely N-dealkylation sites (tertiary alicyclic amines) is 1. The second-order valence-corrected chi connectivity index (χ2v) is 5.79. The fraction of sp³-hybridized carbons (Fsp3) is 0.647. The van der Waals surface area contributed by atoms with Gasteiger partial charge >= 0.3 is 0 Å². The van der Waals surface area contributed by atoms with Gasteiger partial charge in [0.25, 0.3) is 0 Å². The summed E-state index contributed by atoms with van der Waals surface area (Å²) in [6.07, 6.45) is 2.24. The van der Waals surface area contributed by atoms with Gasteiger partial charge in [0.15, 0.2) is 0 Å². The molecule has 0 aliphatic carbocycles. The summed E-state index contributed by atoms with van der Waals surface area (Å²) in [6.45, 7) is 8.47. The van der Waals surface area contributed by atoms with Gasteiger partial charge in [0, 0.05) is 19.1 Å². The Labute approximate surface area is 128 Å². The molecule has 0 amide bonds.